The van der Waals surface area contributed by atoms with Crippen LogP contribution in [0.1, 0.15) is 16.8 Å². The van der Waals surface area contributed by atoms with Crippen LogP contribution >= 0.6 is 11.8 Å². The summed E-state index contributed by atoms with van der Waals surface area (Å²) in [5.74, 6) is -0.0954. The maximum absolute atomic E-state index is 12.9. The molecule has 35 heavy (non-hydrogen) atoms. The molecule has 0 aliphatic rings. The average molecular weight is 500 g/mol. The molecular weight excluding hydrogens is 479 g/mol. The van der Waals surface area contributed by atoms with Crippen LogP contribution in [0.15, 0.2) is 77.7 Å². The van der Waals surface area contributed by atoms with Crippen molar-refractivity contribution in [1.29, 1.82) is 0 Å². The molecule has 0 amide bonds. The molecule has 0 spiro atoms. The van der Waals surface area contributed by atoms with E-state index in [1.165, 1.54) is 28.7 Å². The number of carboxylic acid groups (broad SMARTS) is 1. The van der Waals surface area contributed by atoms with Crippen molar-refractivity contribution in [2.75, 3.05) is 6.61 Å². The van der Waals surface area contributed by atoms with E-state index in [1.54, 1.807) is 6.07 Å². The van der Waals surface area contributed by atoms with Crippen molar-refractivity contribution in [1.82, 2.24) is 15.0 Å². The fourth-order valence-corrected chi connectivity index (χ4v) is 4.24. The normalized spacial score (nSPS) is 11.4. The Bertz CT molecular complexity index is 1320. The van der Waals surface area contributed by atoms with Gasteiger partial charge >= 0.3 is 12.1 Å². The Morgan fingerprint density at radius 2 is 1.74 bits per heavy atom. The van der Waals surface area contributed by atoms with E-state index in [2.05, 4.69) is 10.2 Å². The highest BCUT2D eigenvalue weighted by Crippen LogP contribution is 2.32. The van der Waals surface area contributed by atoms with Crippen molar-refractivity contribution in [2.45, 2.75) is 23.7 Å². The van der Waals surface area contributed by atoms with Crippen molar-refractivity contribution >= 4 is 17.7 Å². The first-order valence-corrected chi connectivity index (χ1v) is 11.5. The van der Waals surface area contributed by atoms with E-state index in [-0.39, 0.29) is 0 Å². The van der Waals surface area contributed by atoms with Gasteiger partial charge in [0.05, 0.1) is 11.3 Å². The van der Waals surface area contributed by atoms with Gasteiger partial charge in [0.15, 0.2) is 6.61 Å². The summed E-state index contributed by atoms with van der Waals surface area (Å²) in [6.45, 7) is 1.42. The lowest BCUT2D eigenvalue weighted by Crippen LogP contribution is -2.09. The van der Waals surface area contributed by atoms with Crippen LogP contribution < -0.4 is 4.74 Å². The first-order chi connectivity index (χ1) is 16.7. The van der Waals surface area contributed by atoms with E-state index in [1.807, 2.05) is 49.4 Å². The van der Waals surface area contributed by atoms with Gasteiger partial charge in [0.2, 0.25) is 0 Å². The lowest BCUT2D eigenvalue weighted by atomic mass is 10.1. The zero-order chi connectivity index (χ0) is 25.0. The van der Waals surface area contributed by atoms with Crippen LogP contribution in [0.5, 0.6) is 5.75 Å². The molecule has 1 N–H and O–H groups in total. The van der Waals surface area contributed by atoms with Crippen molar-refractivity contribution in [2.24, 2.45) is 0 Å². The second-order valence-corrected chi connectivity index (χ2v) is 8.64. The van der Waals surface area contributed by atoms with Crippen molar-refractivity contribution < 1.29 is 27.8 Å². The number of carbonyl (C=O) groups is 1. The summed E-state index contributed by atoms with van der Waals surface area (Å²) >= 11 is 1.51. The number of halogens is 3. The van der Waals surface area contributed by atoms with Crippen LogP contribution in [0.2, 0.25) is 0 Å². The number of hydrogen-bond acceptors (Lipinski definition) is 5. The summed E-state index contributed by atoms with van der Waals surface area (Å²) in [6.07, 6.45) is -4.42. The molecule has 3 aromatic carbocycles. The number of thioether (sulfide) groups is 1. The minimum atomic E-state index is -4.42. The molecule has 0 atom stereocenters. The van der Waals surface area contributed by atoms with Crippen LogP contribution in [-0.4, -0.2) is 32.7 Å². The molecule has 6 nitrogen and oxygen atoms in total. The second-order valence-electron chi connectivity index (χ2n) is 7.59. The number of rotatable bonds is 8. The number of nitrogens with zero attached hydrogens (tertiary/aromatic N) is 3. The molecule has 0 bridgehead atoms. The summed E-state index contributed by atoms with van der Waals surface area (Å²) in [5, 5.41) is 17.9. The second kappa shape index (κ2) is 10.2. The van der Waals surface area contributed by atoms with Gasteiger partial charge in [-0.05, 0) is 55.0 Å². The van der Waals surface area contributed by atoms with Crippen LogP contribution in [0.3, 0.4) is 0 Å². The van der Waals surface area contributed by atoms with Gasteiger partial charge in [-0.3, -0.25) is 0 Å². The Balaban J connectivity index is 1.59. The van der Waals surface area contributed by atoms with Gasteiger partial charge < -0.3 is 9.84 Å². The average Bonchev–Trinajstić information content (AvgIpc) is 3.26. The fourth-order valence-electron chi connectivity index (χ4n) is 3.32. The quantitative estimate of drug-likeness (QED) is 0.299. The molecule has 0 aliphatic heterocycles. The molecule has 10 heteroatoms. The van der Waals surface area contributed by atoms with Crippen LogP contribution in [0.25, 0.3) is 16.9 Å². The summed E-state index contributed by atoms with van der Waals surface area (Å²) in [5.41, 5.74) is 2.63. The zero-order valence-electron chi connectivity index (χ0n) is 18.5. The highest BCUT2D eigenvalue weighted by atomic mass is 32.2. The van der Waals surface area contributed by atoms with E-state index < -0.39 is 24.3 Å². The molecule has 4 aromatic rings. The third-order valence-electron chi connectivity index (χ3n) is 5.03. The molecule has 1 aromatic heterocycles. The van der Waals surface area contributed by atoms with E-state index in [0.717, 1.165) is 28.2 Å². The number of alkyl halides is 3. The van der Waals surface area contributed by atoms with Gasteiger partial charge in [0, 0.05) is 16.2 Å². The monoisotopic (exact) mass is 499 g/mol. The van der Waals surface area contributed by atoms with Crippen LogP contribution in [0, 0.1) is 6.92 Å². The van der Waals surface area contributed by atoms with Gasteiger partial charge in [-0.25, -0.2) is 4.79 Å². The summed E-state index contributed by atoms with van der Waals surface area (Å²) in [4.78, 5) is 13.0. The number of benzene rings is 3. The van der Waals surface area contributed by atoms with Crippen molar-refractivity contribution in [3.05, 3.63) is 89.6 Å². The third-order valence-corrected chi connectivity index (χ3v) is 6.03. The molecule has 0 unspecified atom stereocenters. The predicted molar refractivity (Wildman–Crippen MR) is 126 cm³/mol. The van der Waals surface area contributed by atoms with Gasteiger partial charge in [0.1, 0.15) is 17.1 Å². The minimum absolute atomic E-state index is 0.416. The Morgan fingerprint density at radius 3 is 2.37 bits per heavy atom. The molecule has 4 rings (SSSR count). The smallest absolute Gasteiger partial charge is 0.416 e. The maximum atomic E-state index is 12.9. The first kappa shape index (κ1) is 24.3. The topological polar surface area (TPSA) is 77.2 Å². The summed E-state index contributed by atoms with van der Waals surface area (Å²) in [6, 6.07) is 19.6. The van der Waals surface area contributed by atoms with E-state index >= 15 is 0 Å². The van der Waals surface area contributed by atoms with Crippen molar-refractivity contribution in [3.8, 4) is 22.7 Å². The van der Waals surface area contributed by atoms with Gasteiger partial charge in [-0.1, -0.05) is 30.3 Å². The van der Waals surface area contributed by atoms with Gasteiger partial charge in [-0.2, -0.15) is 23.1 Å². The van der Waals surface area contributed by atoms with Crippen molar-refractivity contribution in [3.63, 3.8) is 0 Å². The highest BCUT2D eigenvalue weighted by molar-refractivity contribution is 7.98. The molecule has 1 heterocycles. The molecule has 180 valence electrons. The van der Waals surface area contributed by atoms with E-state index in [9.17, 15) is 18.0 Å². The van der Waals surface area contributed by atoms with Crippen LogP contribution in [-0.2, 0) is 16.7 Å². The molecular formula is C25H20F3N3O3S. The van der Waals surface area contributed by atoms with Gasteiger partial charge in [-0.15, -0.1) is 16.9 Å². The third kappa shape index (κ3) is 6.02. The number of aryl methyl sites for hydroxylation is 1. The Hall–Kier alpha value is -3.79. The molecule has 0 radical (unpaired) electrons. The molecule has 0 aliphatic carbocycles. The zero-order valence-corrected chi connectivity index (χ0v) is 19.3. The number of aliphatic carboxylic acids is 1. The van der Waals surface area contributed by atoms with E-state index in [0.29, 0.717) is 28.6 Å². The fraction of sp³-hybridized carbons (Fsp3) is 0.160. The Kier molecular flexibility index (Phi) is 7.11. The lowest BCUT2D eigenvalue weighted by Gasteiger charge is -2.09. The summed E-state index contributed by atoms with van der Waals surface area (Å²) < 4.78 is 44.1. The first-order valence-electron chi connectivity index (χ1n) is 10.5. The number of aromatic nitrogens is 3. The number of carboxylic acids is 1. The molecule has 0 saturated heterocycles. The minimum Gasteiger partial charge on any atom is -0.482 e. The standard InChI is InChI=1S/C25H20F3N3O3S/c1-16-13-20(11-12-22(16)34-14-23(32)33)35-15-21-24(17-5-3-2-4-6-17)30-31(29-21)19-9-7-18(8-10-19)25(26,27)28/h2-13H,14-15H2,1H3,(H,32,33). The maximum Gasteiger partial charge on any atom is 0.416 e. The Labute approximate surface area is 203 Å². The highest BCUT2D eigenvalue weighted by Gasteiger charge is 2.30. The number of hydrogen-bond donors (Lipinski definition) is 1. The predicted octanol–water partition coefficient (Wildman–Crippen LogP) is 6.02. The Morgan fingerprint density at radius 1 is 1.03 bits per heavy atom. The summed E-state index contributed by atoms with van der Waals surface area (Å²) in [7, 11) is 0. The number of ether oxygens (including phenoxy) is 1. The van der Waals surface area contributed by atoms with Gasteiger partial charge in [0.25, 0.3) is 0 Å². The lowest BCUT2D eigenvalue weighted by molar-refractivity contribution is -0.139. The van der Waals surface area contributed by atoms with Crippen LogP contribution in [0.4, 0.5) is 13.2 Å². The SMILES string of the molecule is Cc1cc(SCc2nn(-c3ccc(C(F)(F)F)cc3)nc2-c2ccccc2)ccc1OCC(=O)O. The molecule has 0 fully saturated rings. The molecule has 0 saturated carbocycles. The van der Waals surface area contributed by atoms with E-state index in [4.69, 9.17) is 9.84 Å². The largest absolute Gasteiger partial charge is 0.482 e.